The molecule has 0 radical (unpaired) electrons. The second kappa shape index (κ2) is 8.94. The average Bonchev–Trinajstić information content (AvgIpc) is 2.84. The molecule has 0 bridgehead atoms. The van der Waals surface area contributed by atoms with Crippen molar-refractivity contribution < 1.29 is 48.3 Å². The largest absolute Gasteiger partial charge is 0.203 e. The summed E-state index contributed by atoms with van der Waals surface area (Å²) in [5, 5.41) is -2.90. The van der Waals surface area contributed by atoms with Crippen molar-refractivity contribution in [1.29, 1.82) is 0 Å². The molecule has 182 valence electrons. The maximum Gasteiger partial charge on any atom is 0.200 e. The van der Waals surface area contributed by atoms with Crippen molar-refractivity contribution in [3.05, 3.63) is 88.3 Å². The lowest BCUT2D eigenvalue weighted by Crippen LogP contribution is -2.07. The fourth-order valence-electron chi connectivity index (χ4n) is 3.28. The predicted molar refractivity (Wildman–Crippen MR) is 107 cm³/mol. The third-order valence-electron chi connectivity index (χ3n) is 4.89. The minimum atomic E-state index is -2.57. The molecular weight excluding hydrogens is 537 g/mol. The molecule has 0 atom stereocenters. The van der Waals surface area contributed by atoms with Crippen LogP contribution < -0.4 is 0 Å². The summed E-state index contributed by atoms with van der Waals surface area (Å²) in [6.45, 7) is 0. The molecule has 0 amide bonds. The number of thiol groups is 1. The van der Waals surface area contributed by atoms with Crippen molar-refractivity contribution in [2.75, 3.05) is 0 Å². The lowest BCUT2D eigenvalue weighted by molar-refractivity contribution is 0.360. The average molecular weight is 542 g/mol. The van der Waals surface area contributed by atoms with Gasteiger partial charge in [0.1, 0.15) is 0 Å². The molecule has 0 fully saturated rings. The van der Waals surface area contributed by atoms with Crippen molar-refractivity contribution in [3.63, 3.8) is 0 Å². The van der Waals surface area contributed by atoms with Crippen LogP contribution in [0.1, 0.15) is 0 Å². The Kier molecular flexibility index (Phi) is 6.43. The van der Waals surface area contributed by atoms with Crippen LogP contribution in [0.25, 0.3) is 21.9 Å². The predicted octanol–water partition coefficient (Wildman–Crippen LogP) is 8.48. The zero-order valence-electron chi connectivity index (χ0n) is 16.3. The molecule has 0 aliphatic carbocycles. The molecule has 0 spiro atoms. The molecule has 13 heteroatoms. The zero-order chi connectivity index (χ0) is 25.9. The lowest BCUT2D eigenvalue weighted by Gasteiger charge is -2.17. The van der Waals surface area contributed by atoms with Crippen LogP contribution in [0.5, 0.6) is 0 Å². The summed E-state index contributed by atoms with van der Waals surface area (Å²) in [6, 6.07) is 4.53. The molecular formula is C22H5F11S2. The Bertz CT molecular complexity index is 1500. The normalized spacial score (nSPS) is 11.5. The Hall–Kier alpha value is -2.93. The highest BCUT2D eigenvalue weighted by Gasteiger charge is 2.33. The van der Waals surface area contributed by atoms with E-state index in [-0.39, 0.29) is 5.56 Å². The molecule has 35 heavy (non-hydrogen) atoms. The maximum atomic E-state index is 15.1. The Morgan fingerprint density at radius 3 is 1.34 bits per heavy atom. The summed E-state index contributed by atoms with van der Waals surface area (Å²) >= 11 is 3.24. The van der Waals surface area contributed by atoms with E-state index in [0.29, 0.717) is 4.90 Å². The van der Waals surface area contributed by atoms with Crippen LogP contribution >= 0.6 is 24.4 Å². The third kappa shape index (κ3) is 3.80. The first-order valence-electron chi connectivity index (χ1n) is 9.03. The number of fused-ring (bicyclic) bond motifs is 1. The van der Waals surface area contributed by atoms with E-state index in [0.717, 1.165) is 12.1 Å². The molecule has 0 aliphatic heterocycles. The molecule has 0 saturated carbocycles. The van der Waals surface area contributed by atoms with Crippen LogP contribution in [-0.4, -0.2) is 0 Å². The van der Waals surface area contributed by atoms with Crippen molar-refractivity contribution in [3.8, 4) is 11.1 Å². The Morgan fingerprint density at radius 2 is 0.829 bits per heavy atom. The number of rotatable bonds is 3. The Morgan fingerprint density at radius 1 is 0.429 bits per heavy atom. The monoisotopic (exact) mass is 542 g/mol. The first-order chi connectivity index (χ1) is 16.4. The molecule has 4 aromatic carbocycles. The van der Waals surface area contributed by atoms with Gasteiger partial charge in [-0.25, -0.2) is 48.3 Å². The first kappa shape index (κ1) is 25.2. The number of hydrogen-bond acceptors (Lipinski definition) is 2. The Labute approximate surface area is 197 Å². The SMILES string of the molecule is Fc1c(F)c(F)c(Sc2c(F)c(F)c(-c3ccc(S)cc3)c3c(F)c(F)c(F)c(F)c23)c(F)c1F. The van der Waals surface area contributed by atoms with E-state index in [1.54, 1.807) is 0 Å². The van der Waals surface area contributed by atoms with E-state index < -0.39 is 102 Å². The molecule has 0 heterocycles. The van der Waals surface area contributed by atoms with E-state index in [1.807, 2.05) is 0 Å². The fraction of sp³-hybridized carbons (Fsp3) is 0. The van der Waals surface area contributed by atoms with Crippen molar-refractivity contribution in [1.82, 2.24) is 0 Å². The van der Waals surface area contributed by atoms with Crippen LogP contribution in [0.15, 0.2) is 39.0 Å². The summed E-state index contributed by atoms with van der Waals surface area (Å²) in [4.78, 5) is -3.12. The topological polar surface area (TPSA) is 0 Å². The first-order valence-corrected chi connectivity index (χ1v) is 10.3. The number of hydrogen-bond donors (Lipinski definition) is 1. The van der Waals surface area contributed by atoms with Crippen LogP contribution in [0.3, 0.4) is 0 Å². The summed E-state index contributed by atoms with van der Waals surface area (Å²) in [5.74, 6) is -26.1. The lowest BCUT2D eigenvalue weighted by atomic mass is 9.96. The van der Waals surface area contributed by atoms with Crippen molar-refractivity contribution >= 4 is 35.2 Å². The maximum absolute atomic E-state index is 15.1. The highest BCUT2D eigenvalue weighted by molar-refractivity contribution is 7.99. The molecule has 4 aromatic rings. The standard InChI is InChI=1S/C22H5F11S2/c23-10-7(5-1-3-6(34)4-2-5)8-9(12(25)14(27)13(26)11(8)24)21(18(10)31)35-22-19(32)16(29)15(28)17(30)20(22)33/h1-4,34H. The van der Waals surface area contributed by atoms with Crippen LogP contribution in [0.4, 0.5) is 48.3 Å². The van der Waals surface area contributed by atoms with Gasteiger partial charge in [0.25, 0.3) is 0 Å². The smallest absolute Gasteiger partial charge is 0.200 e. The van der Waals surface area contributed by atoms with E-state index in [2.05, 4.69) is 12.6 Å². The van der Waals surface area contributed by atoms with Crippen LogP contribution in [-0.2, 0) is 0 Å². The molecule has 0 unspecified atom stereocenters. The van der Waals surface area contributed by atoms with Gasteiger partial charge in [-0.1, -0.05) is 23.9 Å². The second-order valence-corrected chi connectivity index (χ2v) is 8.42. The molecule has 4 rings (SSSR count). The van der Waals surface area contributed by atoms with E-state index in [9.17, 15) is 39.5 Å². The summed E-state index contributed by atoms with van der Waals surface area (Å²) in [6.07, 6.45) is 0. The van der Waals surface area contributed by atoms with Gasteiger partial charge in [-0.05, 0) is 17.7 Å². The summed E-state index contributed by atoms with van der Waals surface area (Å²) < 4.78 is 157. The van der Waals surface area contributed by atoms with E-state index >= 15 is 8.78 Å². The fourth-order valence-corrected chi connectivity index (χ4v) is 4.46. The number of halogens is 11. The molecule has 0 aliphatic rings. The molecule has 0 nitrogen and oxygen atoms in total. The molecule has 0 N–H and O–H groups in total. The molecule has 0 saturated heterocycles. The summed E-state index contributed by atoms with van der Waals surface area (Å²) in [7, 11) is 0. The Balaban J connectivity index is 2.17. The van der Waals surface area contributed by atoms with Gasteiger partial charge in [0, 0.05) is 21.2 Å². The van der Waals surface area contributed by atoms with Gasteiger partial charge in [0.05, 0.1) is 9.79 Å². The quantitative estimate of drug-likeness (QED) is 0.117. The van der Waals surface area contributed by atoms with Gasteiger partial charge in [0.2, 0.25) is 5.82 Å². The minimum Gasteiger partial charge on any atom is -0.203 e. The third-order valence-corrected chi connectivity index (χ3v) is 6.33. The van der Waals surface area contributed by atoms with Gasteiger partial charge in [-0.15, -0.1) is 12.6 Å². The van der Waals surface area contributed by atoms with Crippen molar-refractivity contribution in [2.45, 2.75) is 14.7 Å². The van der Waals surface area contributed by atoms with Gasteiger partial charge >= 0.3 is 0 Å². The van der Waals surface area contributed by atoms with Crippen molar-refractivity contribution in [2.24, 2.45) is 0 Å². The van der Waals surface area contributed by atoms with Gasteiger partial charge in [-0.3, -0.25) is 0 Å². The van der Waals surface area contributed by atoms with Gasteiger partial charge in [0.15, 0.2) is 58.2 Å². The number of benzene rings is 4. The van der Waals surface area contributed by atoms with Gasteiger partial charge < -0.3 is 0 Å². The summed E-state index contributed by atoms with van der Waals surface area (Å²) in [5.41, 5.74) is -1.45. The van der Waals surface area contributed by atoms with E-state index in [1.165, 1.54) is 12.1 Å². The van der Waals surface area contributed by atoms with Crippen LogP contribution in [0.2, 0.25) is 0 Å². The highest BCUT2D eigenvalue weighted by Crippen LogP contribution is 2.47. The zero-order valence-corrected chi connectivity index (χ0v) is 18.0. The highest BCUT2D eigenvalue weighted by atomic mass is 32.2. The van der Waals surface area contributed by atoms with Gasteiger partial charge in [-0.2, -0.15) is 0 Å². The second-order valence-electron chi connectivity index (χ2n) is 6.89. The molecule has 0 aromatic heterocycles. The van der Waals surface area contributed by atoms with Crippen LogP contribution in [0, 0.1) is 64.0 Å². The minimum absolute atomic E-state index is 0.293. The van der Waals surface area contributed by atoms with E-state index in [4.69, 9.17) is 0 Å².